The number of amides is 1. The largest absolute Gasteiger partial charge is 0.482 e. The molecule has 26 heavy (non-hydrogen) atoms. The fourth-order valence-corrected chi connectivity index (χ4v) is 2.61. The summed E-state index contributed by atoms with van der Waals surface area (Å²) in [5.74, 6) is 1.21. The van der Waals surface area contributed by atoms with E-state index in [0.717, 1.165) is 31.7 Å². The molecular formula is C20H21NO5. The number of carbonyl (C=O) groups excluding carboxylic acids is 2. The van der Waals surface area contributed by atoms with Crippen molar-refractivity contribution in [2.75, 3.05) is 26.3 Å². The lowest BCUT2D eigenvalue weighted by Crippen LogP contribution is -2.32. The van der Waals surface area contributed by atoms with Gasteiger partial charge < -0.3 is 19.1 Å². The third-order valence-corrected chi connectivity index (χ3v) is 3.97. The van der Waals surface area contributed by atoms with Gasteiger partial charge in [-0.2, -0.15) is 0 Å². The van der Waals surface area contributed by atoms with E-state index in [1.807, 2.05) is 30.3 Å². The van der Waals surface area contributed by atoms with Crippen LogP contribution in [-0.4, -0.2) is 43.1 Å². The van der Waals surface area contributed by atoms with Crippen molar-refractivity contribution in [1.29, 1.82) is 0 Å². The second kappa shape index (κ2) is 8.89. The van der Waals surface area contributed by atoms with Gasteiger partial charge in [0.2, 0.25) is 0 Å². The summed E-state index contributed by atoms with van der Waals surface area (Å²) < 4.78 is 16.0. The van der Waals surface area contributed by atoms with E-state index in [2.05, 4.69) is 0 Å². The molecule has 0 atom stereocenters. The van der Waals surface area contributed by atoms with Crippen molar-refractivity contribution in [2.45, 2.75) is 12.8 Å². The molecule has 6 nitrogen and oxygen atoms in total. The Bertz CT molecular complexity index is 724. The SMILES string of the molecule is O=C(COc1ccc(Oc2ccccc2)cc1)OCC(=O)N1CCCC1. The highest BCUT2D eigenvalue weighted by Gasteiger charge is 2.19. The molecule has 0 bridgehead atoms. The van der Waals surface area contributed by atoms with Gasteiger partial charge in [-0.1, -0.05) is 18.2 Å². The summed E-state index contributed by atoms with van der Waals surface area (Å²) >= 11 is 0. The monoisotopic (exact) mass is 355 g/mol. The first-order chi connectivity index (χ1) is 12.7. The molecule has 0 aromatic heterocycles. The van der Waals surface area contributed by atoms with Crippen LogP contribution in [0.25, 0.3) is 0 Å². The quantitative estimate of drug-likeness (QED) is 0.715. The van der Waals surface area contributed by atoms with Gasteiger partial charge >= 0.3 is 5.97 Å². The van der Waals surface area contributed by atoms with Crippen molar-refractivity contribution in [1.82, 2.24) is 4.90 Å². The molecule has 1 amide bonds. The minimum atomic E-state index is -0.567. The Hall–Kier alpha value is -3.02. The van der Waals surface area contributed by atoms with Gasteiger partial charge in [0.15, 0.2) is 13.2 Å². The van der Waals surface area contributed by atoms with Crippen LogP contribution in [-0.2, 0) is 14.3 Å². The summed E-state index contributed by atoms with van der Waals surface area (Å²) in [6.07, 6.45) is 2.01. The second-order valence-electron chi connectivity index (χ2n) is 5.92. The Kier molecular flexibility index (Phi) is 6.09. The number of rotatable bonds is 7. The van der Waals surface area contributed by atoms with E-state index in [9.17, 15) is 9.59 Å². The van der Waals surface area contributed by atoms with E-state index in [1.165, 1.54) is 0 Å². The van der Waals surface area contributed by atoms with E-state index in [-0.39, 0.29) is 19.1 Å². The van der Waals surface area contributed by atoms with Crippen LogP contribution >= 0.6 is 0 Å². The number of nitrogens with zero attached hydrogens (tertiary/aromatic N) is 1. The molecule has 2 aromatic carbocycles. The lowest BCUT2D eigenvalue weighted by atomic mass is 10.3. The molecule has 1 aliphatic heterocycles. The predicted octanol–water partition coefficient (Wildman–Crippen LogP) is 3.02. The maximum atomic E-state index is 11.8. The number of benzene rings is 2. The zero-order valence-electron chi connectivity index (χ0n) is 14.4. The number of likely N-dealkylation sites (tertiary alicyclic amines) is 1. The molecule has 0 spiro atoms. The van der Waals surface area contributed by atoms with Gasteiger partial charge in [0.25, 0.3) is 5.91 Å². The van der Waals surface area contributed by atoms with Crippen molar-refractivity contribution in [3.63, 3.8) is 0 Å². The second-order valence-corrected chi connectivity index (χ2v) is 5.92. The molecule has 0 N–H and O–H groups in total. The molecule has 1 heterocycles. The first kappa shape index (κ1) is 17.8. The molecule has 1 aliphatic rings. The number of hydrogen-bond donors (Lipinski definition) is 0. The average Bonchev–Trinajstić information content (AvgIpc) is 3.21. The molecule has 1 saturated heterocycles. The van der Waals surface area contributed by atoms with E-state index in [0.29, 0.717) is 11.5 Å². The van der Waals surface area contributed by atoms with Crippen molar-refractivity contribution in [3.05, 3.63) is 54.6 Å². The lowest BCUT2D eigenvalue weighted by molar-refractivity contribution is -0.153. The summed E-state index contributed by atoms with van der Waals surface area (Å²) in [6, 6.07) is 16.4. The number of esters is 1. The highest BCUT2D eigenvalue weighted by molar-refractivity contribution is 5.81. The Morgan fingerprint density at radius 2 is 1.42 bits per heavy atom. The fraction of sp³-hybridized carbons (Fsp3) is 0.300. The lowest BCUT2D eigenvalue weighted by Gasteiger charge is -2.15. The first-order valence-electron chi connectivity index (χ1n) is 8.60. The minimum absolute atomic E-state index is 0.154. The van der Waals surface area contributed by atoms with Gasteiger partial charge in [-0.05, 0) is 49.2 Å². The van der Waals surface area contributed by atoms with Crippen molar-refractivity contribution < 1.29 is 23.8 Å². The Morgan fingerprint density at radius 1 is 0.808 bits per heavy atom. The van der Waals surface area contributed by atoms with Crippen molar-refractivity contribution >= 4 is 11.9 Å². The Morgan fingerprint density at radius 3 is 2.12 bits per heavy atom. The third-order valence-electron chi connectivity index (χ3n) is 3.97. The third kappa shape index (κ3) is 5.24. The van der Waals surface area contributed by atoms with Crippen LogP contribution in [0.2, 0.25) is 0 Å². The van der Waals surface area contributed by atoms with Crippen molar-refractivity contribution in [2.24, 2.45) is 0 Å². The molecule has 0 aliphatic carbocycles. The smallest absolute Gasteiger partial charge is 0.344 e. The summed E-state index contributed by atoms with van der Waals surface area (Å²) in [4.78, 5) is 25.2. The Labute approximate surface area is 152 Å². The van der Waals surface area contributed by atoms with Crippen LogP contribution in [0.15, 0.2) is 54.6 Å². The van der Waals surface area contributed by atoms with Gasteiger partial charge in [0.1, 0.15) is 17.2 Å². The van der Waals surface area contributed by atoms with Crippen LogP contribution in [0, 0.1) is 0 Å². The first-order valence-corrected chi connectivity index (χ1v) is 8.60. The van der Waals surface area contributed by atoms with Crippen LogP contribution in [0.4, 0.5) is 0 Å². The van der Waals surface area contributed by atoms with Gasteiger partial charge in [-0.25, -0.2) is 4.79 Å². The average molecular weight is 355 g/mol. The number of hydrogen-bond acceptors (Lipinski definition) is 5. The zero-order valence-corrected chi connectivity index (χ0v) is 14.4. The zero-order chi connectivity index (χ0) is 18.2. The van der Waals surface area contributed by atoms with E-state index >= 15 is 0 Å². The highest BCUT2D eigenvalue weighted by Crippen LogP contribution is 2.23. The molecule has 2 aromatic rings. The van der Waals surface area contributed by atoms with E-state index in [1.54, 1.807) is 29.2 Å². The van der Waals surface area contributed by atoms with Crippen LogP contribution in [0.3, 0.4) is 0 Å². The molecule has 0 unspecified atom stereocenters. The molecule has 0 radical (unpaired) electrons. The molecular weight excluding hydrogens is 334 g/mol. The summed E-state index contributed by atoms with van der Waals surface area (Å²) in [5.41, 5.74) is 0. The molecule has 136 valence electrons. The van der Waals surface area contributed by atoms with Crippen molar-refractivity contribution in [3.8, 4) is 17.2 Å². The van der Waals surface area contributed by atoms with Gasteiger partial charge in [-0.15, -0.1) is 0 Å². The van der Waals surface area contributed by atoms with Gasteiger partial charge in [-0.3, -0.25) is 4.79 Å². The Balaban J connectivity index is 1.40. The molecule has 0 saturated carbocycles. The maximum Gasteiger partial charge on any atom is 0.344 e. The topological polar surface area (TPSA) is 65.1 Å². The normalized spacial score (nSPS) is 13.3. The van der Waals surface area contributed by atoms with Crippen LogP contribution < -0.4 is 9.47 Å². The number of carbonyl (C=O) groups is 2. The number of para-hydroxylation sites is 1. The fourth-order valence-electron chi connectivity index (χ4n) is 2.61. The van der Waals surface area contributed by atoms with Crippen LogP contribution in [0.1, 0.15) is 12.8 Å². The minimum Gasteiger partial charge on any atom is -0.482 e. The van der Waals surface area contributed by atoms with E-state index in [4.69, 9.17) is 14.2 Å². The molecule has 3 rings (SSSR count). The van der Waals surface area contributed by atoms with Crippen LogP contribution in [0.5, 0.6) is 17.2 Å². The predicted molar refractivity (Wildman–Crippen MR) is 95.2 cm³/mol. The molecule has 6 heteroatoms. The van der Waals surface area contributed by atoms with E-state index < -0.39 is 5.97 Å². The maximum absolute atomic E-state index is 11.8. The summed E-state index contributed by atoms with van der Waals surface area (Å²) in [7, 11) is 0. The van der Waals surface area contributed by atoms with Gasteiger partial charge in [0, 0.05) is 13.1 Å². The highest BCUT2D eigenvalue weighted by atomic mass is 16.6. The van der Waals surface area contributed by atoms with Gasteiger partial charge in [0.05, 0.1) is 0 Å². The standard InChI is InChI=1S/C20H21NO5/c22-19(21-12-4-5-13-21)14-25-20(23)15-24-16-8-10-18(11-9-16)26-17-6-2-1-3-7-17/h1-3,6-11H,4-5,12-15H2. The summed E-state index contributed by atoms with van der Waals surface area (Å²) in [6.45, 7) is 1.01. The molecule has 1 fully saturated rings. The summed E-state index contributed by atoms with van der Waals surface area (Å²) in [5, 5.41) is 0. The number of ether oxygens (including phenoxy) is 3.